The third-order valence-electron chi connectivity index (χ3n) is 4.59. The number of hydrogen-bond acceptors (Lipinski definition) is 7. The number of nitrogens with zero attached hydrogens (tertiary/aromatic N) is 3. The number of benzene rings is 1. The van der Waals surface area contributed by atoms with Crippen LogP contribution in [0.25, 0.3) is 10.2 Å². The molecule has 12 heteroatoms. The van der Waals surface area contributed by atoms with Crippen molar-refractivity contribution < 1.29 is 27.4 Å². The number of halogens is 4. The van der Waals surface area contributed by atoms with E-state index in [4.69, 9.17) is 16.3 Å². The SMILES string of the molecule is O=C(c1ccc(Cl)s1)N(CCN1CCOCC1)c1nc2ccc(OC(F)(F)F)cc2s1. The van der Waals surface area contributed by atoms with Crippen molar-refractivity contribution in [1.29, 1.82) is 0 Å². The first-order chi connectivity index (χ1) is 14.8. The molecule has 0 aliphatic carbocycles. The average Bonchev–Trinajstić information content (AvgIpc) is 3.33. The molecular formula is C19H17ClF3N3O3S2. The van der Waals surface area contributed by atoms with Crippen molar-refractivity contribution in [1.82, 2.24) is 9.88 Å². The van der Waals surface area contributed by atoms with Crippen LogP contribution in [0.2, 0.25) is 4.34 Å². The number of morpholine rings is 1. The van der Waals surface area contributed by atoms with E-state index in [-0.39, 0.29) is 11.7 Å². The van der Waals surface area contributed by atoms with Crippen LogP contribution in [0.3, 0.4) is 0 Å². The average molecular weight is 492 g/mol. The highest BCUT2D eigenvalue weighted by atomic mass is 35.5. The van der Waals surface area contributed by atoms with E-state index in [0.29, 0.717) is 50.9 Å². The lowest BCUT2D eigenvalue weighted by Gasteiger charge is -2.29. The van der Waals surface area contributed by atoms with Crippen LogP contribution in [0, 0.1) is 0 Å². The summed E-state index contributed by atoms with van der Waals surface area (Å²) in [6.07, 6.45) is -4.78. The van der Waals surface area contributed by atoms with E-state index in [0.717, 1.165) is 24.4 Å². The van der Waals surface area contributed by atoms with E-state index >= 15 is 0 Å². The zero-order valence-electron chi connectivity index (χ0n) is 16.0. The van der Waals surface area contributed by atoms with Gasteiger partial charge in [0.05, 0.1) is 32.6 Å². The van der Waals surface area contributed by atoms with Crippen LogP contribution in [0.15, 0.2) is 30.3 Å². The molecule has 6 nitrogen and oxygen atoms in total. The van der Waals surface area contributed by atoms with Crippen LogP contribution in [-0.2, 0) is 4.74 Å². The standard InChI is InChI=1S/C19H17ClF3N3O3S2/c20-16-4-3-14(30-16)17(27)26(6-5-25-7-9-28-10-8-25)18-24-13-2-1-12(11-15(13)31-18)29-19(21,22)23/h1-4,11H,5-10H2. The van der Waals surface area contributed by atoms with Crippen molar-refractivity contribution in [2.24, 2.45) is 0 Å². The summed E-state index contributed by atoms with van der Waals surface area (Å²) in [5, 5.41) is 0.405. The second-order valence-corrected chi connectivity index (χ2v) is 9.41. The third kappa shape index (κ3) is 5.66. The molecule has 0 unspecified atom stereocenters. The number of amides is 1. The van der Waals surface area contributed by atoms with Crippen molar-refractivity contribution >= 4 is 55.5 Å². The fraction of sp³-hybridized carbons (Fsp3) is 0.368. The van der Waals surface area contributed by atoms with Gasteiger partial charge in [0.25, 0.3) is 5.91 Å². The molecule has 1 fully saturated rings. The number of carbonyl (C=O) groups excluding carboxylic acids is 1. The summed E-state index contributed by atoms with van der Waals surface area (Å²) in [4.78, 5) is 21.9. The third-order valence-corrected chi connectivity index (χ3v) is 6.85. The maximum atomic E-state index is 13.2. The molecule has 1 saturated heterocycles. The Labute approximate surface area is 188 Å². The Morgan fingerprint density at radius 2 is 2.00 bits per heavy atom. The second-order valence-electron chi connectivity index (χ2n) is 6.69. The number of rotatable bonds is 6. The number of thiazole rings is 1. The molecule has 4 rings (SSSR count). The Morgan fingerprint density at radius 3 is 2.68 bits per heavy atom. The van der Waals surface area contributed by atoms with Crippen molar-refractivity contribution in [2.45, 2.75) is 6.36 Å². The summed E-state index contributed by atoms with van der Waals surface area (Å²) in [5.74, 6) is -0.581. The van der Waals surface area contributed by atoms with Crippen molar-refractivity contribution in [3.8, 4) is 5.75 Å². The molecule has 31 heavy (non-hydrogen) atoms. The number of thiophene rings is 1. The molecule has 0 radical (unpaired) electrons. The maximum absolute atomic E-state index is 13.2. The van der Waals surface area contributed by atoms with E-state index in [1.807, 2.05) is 0 Å². The van der Waals surface area contributed by atoms with Gasteiger partial charge in [-0.15, -0.1) is 24.5 Å². The van der Waals surface area contributed by atoms with Crippen molar-refractivity contribution in [3.05, 3.63) is 39.5 Å². The molecule has 1 aromatic carbocycles. The van der Waals surface area contributed by atoms with Crippen molar-refractivity contribution in [2.75, 3.05) is 44.3 Å². The minimum atomic E-state index is -4.78. The molecule has 2 aromatic heterocycles. The van der Waals surface area contributed by atoms with Gasteiger partial charge in [-0.1, -0.05) is 22.9 Å². The number of ether oxygens (including phenoxy) is 2. The number of alkyl halides is 3. The number of hydrogen-bond donors (Lipinski definition) is 0. The van der Waals surface area contributed by atoms with Gasteiger partial charge < -0.3 is 9.47 Å². The normalized spacial score (nSPS) is 15.4. The van der Waals surface area contributed by atoms with E-state index in [9.17, 15) is 18.0 Å². The summed E-state index contributed by atoms with van der Waals surface area (Å²) in [6, 6.07) is 7.23. The van der Waals surface area contributed by atoms with Gasteiger partial charge in [-0.2, -0.15) is 0 Å². The van der Waals surface area contributed by atoms with E-state index in [1.165, 1.54) is 29.5 Å². The van der Waals surface area contributed by atoms with Crippen LogP contribution >= 0.6 is 34.3 Å². The molecule has 166 valence electrons. The lowest BCUT2D eigenvalue weighted by molar-refractivity contribution is -0.274. The minimum absolute atomic E-state index is 0.254. The van der Waals surface area contributed by atoms with Crippen LogP contribution in [0.5, 0.6) is 5.75 Å². The topological polar surface area (TPSA) is 54.9 Å². The molecule has 0 atom stereocenters. The van der Waals surface area contributed by atoms with Crippen LogP contribution in [0.1, 0.15) is 9.67 Å². The highest BCUT2D eigenvalue weighted by Gasteiger charge is 2.31. The summed E-state index contributed by atoms with van der Waals surface area (Å²) >= 11 is 8.30. The second kappa shape index (κ2) is 9.29. The fourth-order valence-corrected chi connectivity index (χ4v) is 5.13. The number of aromatic nitrogens is 1. The zero-order valence-corrected chi connectivity index (χ0v) is 18.4. The summed E-state index contributed by atoms with van der Waals surface area (Å²) < 4.78 is 47.9. The lowest BCUT2D eigenvalue weighted by Crippen LogP contribution is -2.43. The molecule has 0 bridgehead atoms. The Bertz CT molecular complexity index is 1070. The summed E-state index contributed by atoms with van der Waals surface area (Å²) in [6.45, 7) is 3.80. The molecule has 3 heterocycles. The number of carbonyl (C=O) groups is 1. The van der Waals surface area contributed by atoms with Gasteiger partial charge in [-0.05, 0) is 24.3 Å². The Kier molecular flexibility index (Phi) is 6.68. The quantitative estimate of drug-likeness (QED) is 0.491. The Morgan fingerprint density at radius 1 is 1.23 bits per heavy atom. The van der Waals surface area contributed by atoms with Gasteiger partial charge in [-0.25, -0.2) is 4.98 Å². The van der Waals surface area contributed by atoms with Gasteiger partial charge in [0.1, 0.15) is 5.75 Å². The number of fused-ring (bicyclic) bond motifs is 1. The first-order valence-electron chi connectivity index (χ1n) is 9.32. The predicted molar refractivity (Wildman–Crippen MR) is 115 cm³/mol. The molecule has 0 spiro atoms. The molecule has 3 aromatic rings. The van der Waals surface area contributed by atoms with Crippen LogP contribution < -0.4 is 9.64 Å². The Balaban J connectivity index is 1.61. The monoisotopic (exact) mass is 491 g/mol. The van der Waals surface area contributed by atoms with Crippen molar-refractivity contribution in [3.63, 3.8) is 0 Å². The summed E-state index contributed by atoms with van der Waals surface area (Å²) in [5.41, 5.74) is 0.489. The molecule has 1 aliphatic heterocycles. The fourth-order valence-electron chi connectivity index (χ4n) is 3.12. The van der Waals surface area contributed by atoms with Gasteiger partial charge >= 0.3 is 6.36 Å². The minimum Gasteiger partial charge on any atom is -0.406 e. The first-order valence-corrected chi connectivity index (χ1v) is 11.3. The lowest BCUT2D eigenvalue weighted by atomic mass is 10.3. The van der Waals surface area contributed by atoms with E-state index in [1.54, 1.807) is 17.0 Å². The molecular weight excluding hydrogens is 475 g/mol. The molecule has 1 amide bonds. The largest absolute Gasteiger partial charge is 0.573 e. The maximum Gasteiger partial charge on any atom is 0.573 e. The number of anilines is 1. The molecule has 0 N–H and O–H groups in total. The van der Waals surface area contributed by atoms with Crippen LogP contribution in [0.4, 0.5) is 18.3 Å². The smallest absolute Gasteiger partial charge is 0.406 e. The Hall–Kier alpha value is -1.92. The van der Waals surface area contributed by atoms with Crippen LogP contribution in [-0.4, -0.2) is 61.5 Å². The highest BCUT2D eigenvalue weighted by molar-refractivity contribution is 7.22. The molecule has 0 saturated carbocycles. The van der Waals surface area contributed by atoms with E-state index in [2.05, 4.69) is 14.6 Å². The highest BCUT2D eigenvalue weighted by Crippen LogP contribution is 2.34. The van der Waals surface area contributed by atoms with E-state index < -0.39 is 6.36 Å². The predicted octanol–water partition coefficient (Wildman–Crippen LogP) is 4.89. The first kappa shape index (κ1) is 22.3. The van der Waals surface area contributed by atoms with Gasteiger partial charge in [0, 0.05) is 32.2 Å². The van der Waals surface area contributed by atoms with Gasteiger partial charge in [0.15, 0.2) is 5.13 Å². The van der Waals surface area contributed by atoms with Gasteiger partial charge in [0.2, 0.25) is 0 Å². The summed E-state index contributed by atoms with van der Waals surface area (Å²) in [7, 11) is 0. The van der Waals surface area contributed by atoms with Gasteiger partial charge in [-0.3, -0.25) is 14.6 Å². The zero-order chi connectivity index (χ0) is 22.0. The molecule has 1 aliphatic rings.